The number of carbonyl (C=O) groups is 2. The fourth-order valence-corrected chi connectivity index (χ4v) is 7.92. The number of thioether (sulfide) groups is 1. The van der Waals surface area contributed by atoms with Gasteiger partial charge in [0.05, 0.1) is 29.0 Å². The first kappa shape index (κ1) is 22.4. The Bertz CT molecular complexity index is 1210. The summed E-state index contributed by atoms with van der Waals surface area (Å²) >= 11 is 2.89. The number of anilines is 2. The van der Waals surface area contributed by atoms with Gasteiger partial charge < -0.3 is 5.32 Å². The van der Waals surface area contributed by atoms with Crippen LogP contribution in [0.3, 0.4) is 0 Å². The number of rotatable bonds is 7. The first-order valence-electron chi connectivity index (χ1n) is 10.8. The number of carbonyl (C=O) groups excluding carboxylic acids is 2. The number of amides is 2. The predicted octanol–water partition coefficient (Wildman–Crippen LogP) is 2.96. The Kier molecular flexibility index (Phi) is 5.96. The number of sulfonamides is 1. The first-order valence-corrected chi connectivity index (χ1v) is 14.0. The summed E-state index contributed by atoms with van der Waals surface area (Å²) in [5.74, 6) is -0.155. The zero-order valence-corrected chi connectivity index (χ0v) is 20.5. The highest BCUT2D eigenvalue weighted by molar-refractivity contribution is 8.14. The van der Waals surface area contributed by atoms with Crippen LogP contribution in [0.2, 0.25) is 0 Å². The van der Waals surface area contributed by atoms with E-state index in [1.54, 1.807) is 36.3 Å². The summed E-state index contributed by atoms with van der Waals surface area (Å²) in [7, 11) is -2.04. The molecule has 5 rings (SSSR count). The average molecular weight is 505 g/mol. The van der Waals surface area contributed by atoms with Gasteiger partial charge in [0.25, 0.3) is 10.0 Å². The Hall–Kier alpha value is -2.37. The smallest absolute Gasteiger partial charge is 0.273 e. The molecule has 3 aliphatic heterocycles. The van der Waals surface area contributed by atoms with E-state index in [-0.39, 0.29) is 23.1 Å². The molecule has 2 amide bonds. The van der Waals surface area contributed by atoms with Crippen molar-refractivity contribution in [1.29, 1.82) is 0 Å². The van der Waals surface area contributed by atoms with Crippen molar-refractivity contribution >= 4 is 61.4 Å². The fraction of sp³-hybridized carbons (Fsp3) is 0.409. The van der Waals surface area contributed by atoms with E-state index in [1.165, 1.54) is 20.5 Å². The topological polar surface area (TPSA) is 99.1 Å². The van der Waals surface area contributed by atoms with E-state index in [9.17, 15) is 18.0 Å². The number of nitrogens with zero attached hydrogens (tertiary/aromatic N) is 3. The molecular formula is C22H24N4O4S3. The third-order valence-corrected chi connectivity index (χ3v) is 10.7. The van der Waals surface area contributed by atoms with Gasteiger partial charge in [-0.05, 0) is 29.5 Å². The normalized spacial score (nSPS) is 22.5. The third-order valence-electron chi connectivity index (χ3n) is 6.19. The Labute approximate surface area is 201 Å². The van der Waals surface area contributed by atoms with Crippen molar-refractivity contribution in [2.24, 2.45) is 4.99 Å². The number of hydrogen-bond acceptors (Lipinski definition) is 8. The predicted molar refractivity (Wildman–Crippen MR) is 132 cm³/mol. The van der Waals surface area contributed by atoms with Gasteiger partial charge in [-0.3, -0.25) is 23.8 Å². The third kappa shape index (κ3) is 4.17. The van der Waals surface area contributed by atoms with Crippen LogP contribution >= 0.6 is 23.1 Å². The maximum Gasteiger partial charge on any atom is 0.273 e. The minimum atomic E-state index is -3.62. The fourth-order valence-electron chi connectivity index (χ4n) is 4.38. The van der Waals surface area contributed by atoms with Crippen molar-refractivity contribution in [2.45, 2.75) is 41.2 Å². The van der Waals surface area contributed by atoms with Crippen LogP contribution in [0, 0.1) is 0 Å². The molecule has 2 aromatic rings. The molecule has 0 spiro atoms. The summed E-state index contributed by atoms with van der Waals surface area (Å²) in [6.07, 6.45) is 2.10. The molecule has 174 valence electrons. The maximum atomic E-state index is 13.0. The highest BCUT2D eigenvalue weighted by atomic mass is 32.2. The van der Waals surface area contributed by atoms with E-state index in [0.717, 1.165) is 29.1 Å². The lowest BCUT2D eigenvalue weighted by molar-refractivity contribution is -0.138. The molecule has 11 heteroatoms. The van der Waals surface area contributed by atoms with E-state index in [0.29, 0.717) is 35.8 Å². The zero-order chi connectivity index (χ0) is 23.2. The molecular weight excluding hydrogens is 480 g/mol. The van der Waals surface area contributed by atoms with Gasteiger partial charge in [-0.2, -0.15) is 0 Å². The minimum Gasteiger partial charge on any atom is -0.374 e. The van der Waals surface area contributed by atoms with Crippen molar-refractivity contribution in [3.05, 3.63) is 41.3 Å². The Balaban J connectivity index is 1.25. The number of likely N-dealkylation sites (tertiary alicyclic amines) is 1. The van der Waals surface area contributed by atoms with Gasteiger partial charge in [0.2, 0.25) is 11.8 Å². The number of imide groups is 1. The van der Waals surface area contributed by atoms with Gasteiger partial charge in [-0.1, -0.05) is 18.2 Å². The molecule has 1 fully saturated rings. The lowest BCUT2D eigenvalue weighted by Gasteiger charge is -2.22. The van der Waals surface area contributed by atoms with E-state index in [4.69, 9.17) is 4.99 Å². The number of para-hydroxylation sites is 1. The van der Waals surface area contributed by atoms with Gasteiger partial charge >= 0.3 is 0 Å². The number of hydrogen-bond donors (Lipinski definition) is 1. The van der Waals surface area contributed by atoms with Gasteiger partial charge in [-0.25, -0.2) is 8.42 Å². The van der Waals surface area contributed by atoms with Gasteiger partial charge in [0.1, 0.15) is 4.21 Å². The molecule has 0 bridgehead atoms. The van der Waals surface area contributed by atoms with E-state index < -0.39 is 10.0 Å². The van der Waals surface area contributed by atoms with Crippen LogP contribution in [0.4, 0.5) is 11.4 Å². The lowest BCUT2D eigenvalue weighted by Crippen LogP contribution is -2.32. The van der Waals surface area contributed by atoms with Crippen molar-refractivity contribution in [3.63, 3.8) is 0 Å². The van der Waals surface area contributed by atoms with Crippen LogP contribution in [-0.2, 0) is 26.0 Å². The quantitative estimate of drug-likeness (QED) is 0.582. The molecule has 0 aliphatic carbocycles. The van der Waals surface area contributed by atoms with Crippen molar-refractivity contribution in [3.8, 4) is 0 Å². The Morgan fingerprint density at radius 3 is 2.70 bits per heavy atom. The van der Waals surface area contributed by atoms with Gasteiger partial charge in [0, 0.05) is 38.1 Å². The number of nitrogens with one attached hydrogen (secondary N) is 1. The average Bonchev–Trinajstić information content (AvgIpc) is 3.59. The first-order chi connectivity index (χ1) is 15.8. The maximum absolute atomic E-state index is 13.0. The monoisotopic (exact) mass is 504 g/mol. The molecule has 1 saturated heterocycles. The lowest BCUT2D eigenvalue weighted by atomic mass is 10.1. The van der Waals surface area contributed by atoms with Crippen molar-refractivity contribution < 1.29 is 18.0 Å². The number of thiophene rings is 1. The zero-order valence-electron chi connectivity index (χ0n) is 18.1. The van der Waals surface area contributed by atoms with Crippen molar-refractivity contribution in [2.75, 3.05) is 29.8 Å². The van der Waals surface area contributed by atoms with E-state index >= 15 is 0 Å². The minimum absolute atomic E-state index is 0.0101. The molecule has 8 nitrogen and oxygen atoms in total. The summed E-state index contributed by atoms with van der Waals surface area (Å²) in [6, 6.07) is 9.05. The molecule has 1 N–H and O–H groups in total. The molecule has 2 atom stereocenters. The number of benzene rings is 1. The van der Waals surface area contributed by atoms with Crippen molar-refractivity contribution in [1.82, 2.24) is 4.90 Å². The summed E-state index contributed by atoms with van der Waals surface area (Å²) < 4.78 is 27.7. The standard InChI is InChI=1S/C22H24N4O4S3/c1-25(33(29,30)20-6-3-11-31-20)17-5-2-4-14-12-16(24-21(14)17)22-23-13-15(32-22)9-10-26-18(27)7-8-19(26)28/h2-6,11,15-16,24H,7-10,12-13H2,1H3. The van der Waals surface area contributed by atoms with Crippen LogP contribution in [0.5, 0.6) is 0 Å². The number of fused-ring (bicyclic) bond motifs is 1. The van der Waals surface area contributed by atoms with Gasteiger partial charge in [-0.15, -0.1) is 23.1 Å². The van der Waals surface area contributed by atoms with Crippen LogP contribution in [0.25, 0.3) is 0 Å². The Morgan fingerprint density at radius 1 is 1.18 bits per heavy atom. The molecule has 33 heavy (non-hydrogen) atoms. The number of aliphatic imine (C=N–C) groups is 1. The Morgan fingerprint density at radius 2 is 1.97 bits per heavy atom. The molecule has 2 unspecified atom stereocenters. The van der Waals surface area contributed by atoms with E-state index in [2.05, 4.69) is 5.32 Å². The molecule has 1 aromatic heterocycles. The van der Waals surface area contributed by atoms with Gasteiger partial charge in [0.15, 0.2) is 0 Å². The SMILES string of the molecule is CN(c1cccc2c1NC(C1=NCC(CCN3C(=O)CCC3=O)S1)C2)S(=O)(=O)c1cccs1. The van der Waals surface area contributed by atoms with Crippen LogP contribution in [-0.4, -0.2) is 61.6 Å². The van der Waals surface area contributed by atoms with E-state index in [1.807, 2.05) is 18.2 Å². The molecule has 1 aromatic carbocycles. The molecule has 0 saturated carbocycles. The van der Waals surface area contributed by atoms with Crippen LogP contribution in [0.15, 0.2) is 44.9 Å². The summed E-state index contributed by atoms with van der Waals surface area (Å²) in [5, 5.41) is 6.48. The summed E-state index contributed by atoms with van der Waals surface area (Å²) in [4.78, 5) is 29.8. The summed E-state index contributed by atoms with van der Waals surface area (Å²) in [6.45, 7) is 1.11. The highest BCUT2D eigenvalue weighted by Gasteiger charge is 2.35. The molecule has 0 radical (unpaired) electrons. The van der Waals surface area contributed by atoms with Crippen LogP contribution in [0.1, 0.15) is 24.8 Å². The largest absolute Gasteiger partial charge is 0.374 e. The highest BCUT2D eigenvalue weighted by Crippen LogP contribution is 2.40. The van der Waals surface area contributed by atoms with Crippen LogP contribution < -0.4 is 9.62 Å². The summed E-state index contributed by atoms with van der Waals surface area (Å²) in [5.41, 5.74) is 2.51. The second kappa shape index (κ2) is 8.77. The molecule has 4 heterocycles. The second-order valence-corrected chi connectivity index (χ2v) is 12.7. The second-order valence-electron chi connectivity index (χ2n) is 8.26. The molecule has 3 aliphatic rings.